The van der Waals surface area contributed by atoms with E-state index < -0.39 is 33.0 Å². The van der Waals surface area contributed by atoms with E-state index in [2.05, 4.69) is 20.9 Å². The fourth-order valence-electron chi connectivity index (χ4n) is 1.88. The first kappa shape index (κ1) is 16.7. The molecule has 0 unspecified atom stereocenters. The lowest BCUT2D eigenvalue weighted by Gasteiger charge is -2.04. The van der Waals surface area contributed by atoms with Crippen molar-refractivity contribution >= 4 is 33.2 Å². The van der Waals surface area contributed by atoms with E-state index in [0.29, 0.717) is 0 Å². The van der Waals surface area contributed by atoms with Crippen molar-refractivity contribution < 1.29 is 19.0 Å². The number of halogens is 2. The van der Waals surface area contributed by atoms with Crippen molar-refractivity contribution in [1.29, 1.82) is 0 Å². The largest absolute Gasteiger partial charge is 0.396 e. The number of imidazole rings is 1. The summed E-state index contributed by atoms with van der Waals surface area (Å²) < 4.78 is 14.5. The zero-order chi connectivity index (χ0) is 17.3. The van der Waals surface area contributed by atoms with E-state index in [4.69, 9.17) is 0 Å². The molecule has 23 heavy (non-hydrogen) atoms. The Morgan fingerprint density at radius 2 is 2.00 bits per heavy atom. The van der Waals surface area contributed by atoms with Gasteiger partial charge in [0.05, 0.1) is 11.5 Å². The topological polar surface area (TPSA) is 121 Å². The van der Waals surface area contributed by atoms with Crippen molar-refractivity contribution in [1.82, 2.24) is 9.55 Å². The highest BCUT2D eigenvalue weighted by atomic mass is 79.9. The summed E-state index contributed by atoms with van der Waals surface area (Å²) in [6.07, 6.45) is 0. The molecule has 1 heterocycles. The minimum absolute atomic E-state index is 0.00459. The number of nitro benzene ring substituents is 1. The smallest absolute Gasteiger partial charge is 0.358 e. The molecule has 0 N–H and O–H groups in total. The number of aromatic nitrogens is 2. The fraction of sp³-hybridized carbons (Fsp3) is 0.167. The van der Waals surface area contributed by atoms with Crippen LogP contribution in [0, 0.1) is 33.0 Å². The highest BCUT2D eigenvalue weighted by molar-refractivity contribution is 9.10. The molecule has 120 valence electrons. The van der Waals surface area contributed by atoms with Crippen molar-refractivity contribution in [3.63, 3.8) is 0 Å². The van der Waals surface area contributed by atoms with Gasteiger partial charge in [0.1, 0.15) is 0 Å². The molecule has 0 fully saturated rings. The maximum absolute atomic E-state index is 13.3. The average molecular weight is 387 g/mol. The summed E-state index contributed by atoms with van der Waals surface area (Å²) >= 11 is 2.99. The molecule has 0 atom stereocenters. The number of benzene rings is 1. The minimum Gasteiger partial charge on any atom is -0.358 e. The van der Waals surface area contributed by atoms with Gasteiger partial charge in [0.15, 0.2) is 10.4 Å². The van der Waals surface area contributed by atoms with Gasteiger partial charge in [-0.2, -0.15) is 4.39 Å². The average Bonchev–Trinajstić information content (AvgIpc) is 2.75. The number of nitro groups is 2. The van der Waals surface area contributed by atoms with Crippen molar-refractivity contribution in [3.8, 4) is 0 Å². The molecule has 0 aliphatic carbocycles. The van der Waals surface area contributed by atoms with E-state index in [9.17, 15) is 29.4 Å². The summed E-state index contributed by atoms with van der Waals surface area (Å²) in [4.78, 5) is 35.8. The van der Waals surface area contributed by atoms with Crippen LogP contribution in [0.1, 0.15) is 16.2 Å². The number of carbonyl (C=O) groups excluding carboxylic acids is 1. The van der Waals surface area contributed by atoms with E-state index in [0.717, 1.165) is 18.2 Å². The summed E-state index contributed by atoms with van der Waals surface area (Å²) in [6.45, 7) is 1.13. The Labute approximate surface area is 136 Å². The Morgan fingerprint density at radius 1 is 1.35 bits per heavy atom. The van der Waals surface area contributed by atoms with E-state index in [1.54, 1.807) is 0 Å². The number of carbonyl (C=O) groups is 1. The molecule has 1 aromatic carbocycles. The second-order valence-electron chi connectivity index (χ2n) is 4.46. The summed E-state index contributed by atoms with van der Waals surface area (Å²) in [5, 5.41) is 21.5. The van der Waals surface area contributed by atoms with Gasteiger partial charge in [-0.25, -0.2) is 0 Å². The molecule has 2 aromatic rings. The van der Waals surface area contributed by atoms with Crippen LogP contribution in [-0.4, -0.2) is 25.2 Å². The molecule has 2 rings (SSSR count). The van der Waals surface area contributed by atoms with Crippen LogP contribution < -0.4 is 0 Å². The summed E-state index contributed by atoms with van der Waals surface area (Å²) in [7, 11) is 0. The molecule has 0 bridgehead atoms. The maximum atomic E-state index is 13.3. The van der Waals surface area contributed by atoms with Gasteiger partial charge in [0.25, 0.3) is 0 Å². The first-order valence-electron chi connectivity index (χ1n) is 6.06. The Kier molecular flexibility index (Phi) is 4.50. The number of hydrogen-bond donors (Lipinski definition) is 0. The lowest BCUT2D eigenvalue weighted by atomic mass is 10.1. The van der Waals surface area contributed by atoms with Crippen LogP contribution >= 0.6 is 15.9 Å². The number of Topliss-reactive ketones (excluding diaryl/α,β-unsaturated/α-hetero) is 1. The molecule has 0 aliphatic heterocycles. The Hall–Kier alpha value is -2.69. The van der Waals surface area contributed by atoms with Gasteiger partial charge >= 0.3 is 11.5 Å². The van der Waals surface area contributed by atoms with Crippen LogP contribution in [0.5, 0.6) is 0 Å². The van der Waals surface area contributed by atoms with E-state index in [1.165, 1.54) is 11.5 Å². The summed E-state index contributed by atoms with van der Waals surface area (Å²) in [6, 6.07) is 2.76. The predicted octanol–water partition coefficient (Wildman–Crippen LogP) is 2.79. The second kappa shape index (κ2) is 6.20. The molecule has 0 saturated carbocycles. The van der Waals surface area contributed by atoms with Gasteiger partial charge in [-0.3, -0.25) is 19.5 Å². The molecular weight excluding hydrogens is 379 g/mol. The number of hydrogen-bond acceptors (Lipinski definition) is 6. The van der Waals surface area contributed by atoms with Crippen LogP contribution in [0.25, 0.3) is 0 Å². The monoisotopic (exact) mass is 386 g/mol. The van der Waals surface area contributed by atoms with Crippen LogP contribution in [-0.2, 0) is 6.54 Å². The lowest BCUT2D eigenvalue weighted by molar-refractivity contribution is -0.390. The first-order valence-corrected chi connectivity index (χ1v) is 6.85. The van der Waals surface area contributed by atoms with Gasteiger partial charge in [-0.15, -0.1) is 0 Å². The van der Waals surface area contributed by atoms with Crippen LogP contribution in [0.4, 0.5) is 15.9 Å². The van der Waals surface area contributed by atoms with Gasteiger partial charge in [0.2, 0.25) is 11.6 Å². The normalized spacial score (nSPS) is 10.6. The summed E-state index contributed by atoms with van der Waals surface area (Å²) in [5.74, 6) is -1.86. The van der Waals surface area contributed by atoms with Crippen molar-refractivity contribution in [2.24, 2.45) is 0 Å². The minimum atomic E-state index is -1.05. The molecule has 9 nitrogen and oxygen atoms in total. The summed E-state index contributed by atoms with van der Waals surface area (Å²) in [5.41, 5.74) is -0.899. The third-order valence-electron chi connectivity index (χ3n) is 3.02. The molecule has 11 heteroatoms. The Bertz CT molecular complexity index is 835. The molecule has 1 aromatic heterocycles. The predicted molar refractivity (Wildman–Crippen MR) is 78.7 cm³/mol. The molecular formula is C12H8BrFN4O5. The number of ketones is 1. The number of aryl methyl sites for hydroxylation is 1. The number of rotatable bonds is 5. The molecule has 0 aliphatic rings. The SMILES string of the molecule is Cc1nc([N+](=O)[O-])c(Br)n1CC(=O)c1ccc(F)c([N+](=O)[O-])c1. The van der Waals surface area contributed by atoms with Gasteiger partial charge < -0.3 is 10.1 Å². The first-order chi connectivity index (χ1) is 10.7. The van der Waals surface area contributed by atoms with Crippen molar-refractivity contribution in [2.45, 2.75) is 13.5 Å². The van der Waals surface area contributed by atoms with Crippen molar-refractivity contribution in [2.75, 3.05) is 0 Å². The third kappa shape index (κ3) is 3.23. The van der Waals surface area contributed by atoms with Crippen LogP contribution in [0.15, 0.2) is 22.8 Å². The van der Waals surface area contributed by atoms with Gasteiger partial charge in [-0.1, -0.05) is 0 Å². The van der Waals surface area contributed by atoms with Crippen LogP contribution in [0.2, 0.25) is 0 Å². The molecule has 0 radical (unpaired) electrons. The lowest BCUT2D eigenvalue weighted by Crippen LogP contribution is -2.12. The highest BCUT2D eigenvalue weighted by Crippen LogP contribution is 2.26. The highest BCUT2D eigenvalue weighted by Gasteiger charge is 2.25. The van der Waals surface area contributed by atoms with E-state index >= 15 is 0 Å². The van der Waals surface area contributed by atoms with Gasteiger partial charge in [-0.05, 0) is 38.0 Å². The van der Waals surface area contributed by atoms with E-state index in [1.807, 2.05) is 0 Å². The zero-order valence-electron chi connectivity index (χ0n) is 11.5. The Morgan fingerprint density at radius 3 is 2.52 bits per heavy atom. The molecule has 0 saturated heterocycles. The van der Waals surface area contributed by atoms with Crippen LogP contribution in [0.3, 0.4) is 0 Å². The zero-order valence-corrected chi connectivity index (χ0v) is 13.1. The van der Waals surface area contributed by atoms with E-state index in [-0.39, 0.29) is 22.5 Å². The standard InChI is InChI=1S/C12H8BrFN4O5/c1-6-15-12(18(22)23)11(13)16(6)5-10(19)7-2-3-8(14)9(4-7)17(20)21/h2-4H,5H2,1H3. The molecule has 0 spiro atoms. The molecule has 0 amide bonds. The van der Waals surface area contributed by atoms with Gasteiger partial charge in [0, 0.05) is 18.6 Å². The van der Waals surface area contributed by atoms with Crippen molar-refractivity contribution in [3.05, 3.63) is 60.2 Å². The Balaban J connectivity index is 2.35. The second-order valence-corrected chi connectivity index (χ2v) is 5.21. The maximum Gasteiger partial charge on any atom is 0.396 e. The fourth-order valence-corrected chi connectivity index (χ4v) is 2.50. The number of nitrogens with zero attached hydrogens (tertiary/aromatic N) is 4. The quantitative estimate of drug-likeness (QED) is 0.442. The third-order valence-corrected chi connectivity index (χ3v) is 3.80.